The summed E-state index contributed by atoms with van der Waals surface area (Å²) in [5, 5.41) is 24.7. The predicted octanol–water partition coefficient (Wildman–Crippen LogP) is -1.79. The Bertz CT molecular complexity index is 93.6. The molecule has 0 amide bonds. The zero-order chi connectivity index (χ0) is 8.91. The van der Waals surface area contributed by atoms with Crippen LogP contribution in [0.15, 0.2) is 0 Å². The van der Waals surface area contributed by atoms with E-state index in [9.17, 15) is 0 Å². The fourth-order valence-corrected chi connectivity index (χ4v) is 0.412. The van der Waals surface area contributed by atoms with Gasteiger partial charge in [-0.05, 0) is 0 Å². The fraction of sp³-hybridized carbons (Fsp3) is 1.00. The normalized spacial score (nSPS) is 12.5. The van der Waals surface area contributed by atoms with E-state index in [2.05, 4.69) is 14.2 Å². The van der Waals surface area contributed by atoms with Crippen molar-refractivity contribution in [2.45, 2.75) is 12.4 Å². The third-order valence-corrected chi connectivity index (χ3v) is 0.939. The van der Waals surface area contributed by atoms with Gasteiger partial charge in [-0.3, -0.25) is 4.74 Å². The lowest BCUT2D eigenvalue weighted by Gasteiger charge is -2.18. The van der Waals surface area contributed by atoms with Gasteiger partial charge in [0, 0.05) is 14.2 Å². The molecule has 0 saturated carbocycles. The third kappa shape index (κ3) is 6.17. The maximum Gasteiger partial charge on any atom is 0.405 e. The molecule has 0 saturated heterocycles. The van der Waals surface area contributed by atoms with E-state index in [-0.39, 0.29) is 6.61 Å². The Morgan fingerprint density at radius 3 is 1.91 bits per heavy atom. The molecule has 0 heterocycles. The van der Waals surface area contributed by atoms with Crippen LogP contribution in [0.4, 0.5) is 0 Å². The van der Waals surface area contributed by atoms with Gasteiger partial charge in [-0.2, -0.15) is 0 Å². The molecule has 0 bridgehead atoms. The first-order chi connectivity index (χ1) is 4.99. The van der Waals surface area contributed by atoms with E-state index in [1.54, 1.807) is 0 Å². The van der Waals surface area contributed by atoms with Crippen molar-refractivity contribution in [3.63, 3.8) is 0 Å². The van der Waals surface area contributed by atoms with Gasteiger partial charge in [-0.25, -0.2) is 0 Å². The molecule has 0 aliphatic carbocycles. The van der Waals surface area contributed by atoms with Crippen LogP contribution in [0.3, 0.4) is 0 Å². The average molecular weight is 168 g/mol. The molecule has 68 valence electrons. The van der Waals surface area contributed by atoms with E-state index in [1.807, 2.05) is 0 Å². The summed E-state index contributed by atoms with van der Waals surface area (Å²) in [6.07, 6.45) is -3.86. The Morgan fingerprint density at radius 2 is 1.64 bits per heavy atom. The number of hydrogen-bond donors (Lipinski definition) is 3. The van der Waals surface area contributed by atoms with Crippen molar-refractivity contribution in [2.24, 2.45) is 0 Å². The molecule has 0 fully saturated rings. The van der Waals surface area contributed by atoms with Crippen molar-refractivity contribution in [1.29, 1.82) is 0 Å². The molecule has 3 N–H and O–H groups in total. The molecular formula is C5H12O6. The Kier molecular flexibility index (Phi) is 4.50. The molecular weight excluding hydrogens is 156 g/mol. The molecule has 0 rings (SSSR count). The second kappa shape index (κ2) is 4.60. The van der Waals surface area contributed by atoms with Gasteiger partial charge >= 0.3 is 6.16 Å². The van der Waals surface area contributed by atoms with E-state index in [1.165, 1.54) is 14.2 Å². The second-order valence-electron chi connectivity index (χ2n) is 1.79. The quantitative estimate of drug-likeness (QED) is 0.420. The van der Waals surface area contributed by atoms with Crippen LogP contribution in [-0.2, 0) is 14.2 Å². The summed E-state index contributed by atoms with van der Waals surface area (Å²) in [6.45, 7) is -0.281. The lowest BCUT2D eigenvalue weighted by Crippen LogP contribution is -2.35. The molecule has 0 aliphatic rings. The molecule has 0 radical (unpaired) electrons. The summed E-state index contributed by atoms with van der Waals surface area (Å²) < 4.78 is 13.3. The second-order valence-corrected chi connectivity index (χ2v) is 1.79. The van der Waals surface area contributed by atoms with Crippen molar-refractivity contribution >= 4 is 0 Å². The Morgan fingerprint density at radius 1 is 1.18 bits per heavy atom. The lowest BCUT2D eigenvalue weighted by molar-refractivity contribution is -0.461. The summed E-state index contributed by atoms with van der Waals surface area (Å²) in [5.41, 5.74) is 0. The van der Waals surface area contributed by atoms with Crippen LogP contribution in [0.2, 0.25) is 0 Å². The summed E-state index contributed by atoms with van der Waals surface area (Å²) in [5.74, 6) is 0. The molecule has 6 nitrogen and oxygen atoms in total. The van der Waals surface area contributed by atoms with E-state index < -0.39 is 12.4 Å². The maximum absolute atomic E-state index is 8.24. The largest absolute Gasteiger partial charge is 0.405 e. The Hall–Kier alpha value is -0.240. The molecule has 0 aromatic heterocycles. The zero-order valence-corrected chi connectivity index (χ0v) is 6.35. The minimum absolute atomic E-state index is 0.281. The van der Waals surface area contributed by atoms with Gasteiger partial charge < -0.3 is 24.8 Å². The van der Waals surface area contributed by atoms with Gasteiger partial charge in [0.25, 0.3) is 0 Å². The van der Waals surface area contributed by atoms with Crippen molar-refractivity contribution in [3.8, 4) is 0 Å². The summed E-state index contributed by atoms with van der Waals surface area (Å²) in [6, 6.07) is 0. The van der Waals surface area contributed by atoms with Crippen LogP contribution in [0, 0.1) is 0 Å². The standard InChI is InChI=1S/C5H12O6/c1-9-4(10-2)3-11-5(6,7)8/h4,6-8H,3H2,1-2H3. The van der Waals surface area contributed by atoms with Gasteiger partial charge in [0.1, 0.15) is 6.61 Å². The van der Waals surface area contributed by atoms with Crippen LogP contribution < -0.4 is 0 Å². The van der Waals surface area contributed by atoms with Gasteiger partial charge in [-0.15, -0.1) is 0 Å². The van der Waals surface area contributed by atoms with Crippen molar-refractivity contribution in [3.05, 3.63) is 0 Å². The lowest BCUT2D eigenvalue weighted by atomic mass is 10.7. The van der Waals surface area contributed by atoms with Crippen LogP contribution in [0.25, 0.3) is 0 Å². The minimum atomic E-state index is -3.13. The van der Waals surface area contributed by atoms with Gasteiger partial charge in [-0.1, -0.05) is 0 Å². The SMILES string of the molecule is COC(COC(O)(O)O)OC. The van der Waals surface area contributed by atoms with Crippen LogP contribution >= 0.6 is 0 Å². The maximum atomic E-state index is 8.24. The first kappa shape index (κ1) is 10.8. The first-order valence-electron chi connectivity index (χ1n) is 2.86. The molecule has 0 spiro atoms. The van der Waals surface area contributed by atoms with Crippen molar-refractivity contribution < 1.29 is 29.5 Å². The highest BCUT2D eigenvalue weighted by atomic mass is 16.9. The van der Waals surface area contributed by atoms with Crippen molar-refractivity contribution in [2.75, 3.05) is 20.8 Å². The fourth-order valence-electron chi connectivity index (χ4n) is 0.412. The molecule has 0 unspecified atom stereocenters. The third-order valence-electron chi connectivity index (χ3n) is 0.939. The Labute approximate surface area is 63.9 Å². The first-order valence-corrected chi connectivity index (χ1v) is 2.86. The van der Waals surface area contributed by atoms with E-state index in [4.69, 9.17) is 15.3 Å². The molecule has 0 aromatic rings. The average Bonchev–Trinajstić information content (AvgIpc) is 1.88. The topological polar surface area (TPSA) is 88.4 Å². The molecule has 11 heavy (non-hydrogen) atoms. The number of methoxy groups -OCH3 is 2. The highest BCUT2D eigenvalue weighted by Gasteiger charge is 2.21. The number of ether oxygens (including phenoxy) is 3. The summed E-state index contributed by atoms with van der Waals surface area (Å²) in [7, 11) is 2.71. The number of hydrogen-bond acceptors (Lipinski definition) is 6. The van der Waals surface area contributed by atoms with Crippen LogP contribution in [0.5, 0.6) is 0 Å². The summed E-state index contributed by atoms with van der Waals surface area (Å²) in [4.78, 5) is 0. The highest BCUT2D eigenvalue weighted by molar-refractivity contribution is 4.38. The van der Waals surface area contributed by atoms with Crippen molar-refractivity contribution in [1.82, 2.24) is 0 Å². The molecule has 6 heteroatoms. The molecule has 0 aromatic carbocycles. The smallest absolute Gasteiger partial charge is 0.354 e. The summed E-state index contributed by atoms with van der Waals surface area (Å²) >= 11 is 0. The van der Waals surface area contributed by atoms with E-state index in [0.29, 0.717) is 0 Å². The van der Waals surface area contributed by atoms with Gasteiger partial charge in [0.05, 0.1) is 0 Å². The van der Waals surface area contributed by atoms with Gasteiger partial charge in [0.2, 0.25) is 0 Å². The molecule has 0 aliphatic heterocycles. The van der Waals surface area contributed by atoms with Crippen LogP contribution in [-0.4, -0.2) is 48.6 Å². The van der Waals surface area contributed by atoms with Crippen LogP contribution in [0.1, 0.15) is 0 Å². The van der Waals surface area contributed by atoms with Gasteiger partial charge in [0.15, 0.2) is 6.29 Å². The highest BCUT2D eigenvalue weighted by Crippen LogP contribution is 1.99. The zero-order valence-electron chi connectivity index (χ0n) is 6.35. The number of aliphatic hydroxyl groups is 3. The predicted molar refractivity (Wildman–Crippen MR) is 33.1 cm³/mol. The Balaban J connectivity index is 3.51. The molecule has 0 atom stereocenters. The van der Waals surface area contributed by atoms with E-state index >= 15 is 0 Å². The van der Waals surface area contributed by atoms with E-state index in [0.717, 1.165) is 0 Å². The number of rotatable bonds is 5. The minimum Gasteiger partial charge on any atom is -0.354 e. The monoisotopic (exact) mass is 168 g/mol.